The molecular weight excluding hydrogens is 532 g/mol. The van der Waals surface area contributed by atoms with Gasteiger partial charge in [0.15, 0.2) is 0 Å². The maximum Gasteiger partial charge on any atom is 0.222 e. The molecular formula is C39H52O4. The SMILES string of the molecule is C[C@]12CC[C@H]3[C@@H](CCC4CCCC[C@@]43C)C1=CC(=O)C2=O.C[C@]12CC[C@H]3[C@@H](CCC4CCCC[C@@]43C)C1=CC(=O)C2=O.[C]. The summed E-state index contributed by atoms with van der Waals surface area (Å²) in [6.45, 7) is 9.07. The molecule has 4 nitrogen and oxygen atoms in total. The summed E-state index contributed by atoms with van der Waals surface area (Å²) >= 11 is 0. The molecule has 4 radical (unpaired) electrons. The van der Waals surface area contributed by atoms with Crippen LogP contribution in [0.1, 0.15) is 130 Å². The van der Waals surface area contributed by atoms with Crippen LogP contribution in [-0.4, -0.2) is 23.1 Å². The number of Topliss-reactive ketones (excluding diaryl/α,β-unsaturated/α-hetero) is 2. The van der Waals surface area contributed by atoms with Crippen LogP contribution < -0.4 is 0 Å². The molecule has 0 spiro atoms. The van der Waals surface area contributed by atoms with Crippen molar-refractivity contribution in [3.8, 4) is 0 Å². The Morgan fingerprint density at radius 1 is 0.512 bits per heavy atom. The van der Waals surface area contributed by atoms with Crippen molar-refractivity contribution < 1.29 is 19.2 Å². The van der Waals surface area contributed by atoms with Gasteiger partial charge in [-0.05, 0) is 161 Å². The standard InChI is InChI=1S/2C19H26O2.C/c2*1-18-9-4-3-5-12(18)6-7-13-14(18)8-10-19(2)15(13)11-16(20)17(19)21;/h2*11-14H,3-10H2,1-2H3;/t2*12?,13-,14+,18+,19+;/m11./s1. The van der Waals surface area contributed by atoms with Crippen LogP contribution in [-0.2, 0) is 19.2 Å². The van der Waals surface area contributed by atoms with Gasteiger partial charge in [0.2, 0.25) is 23.1 Å². The van der Waals surface area contributed by atoms with E-state index in [1.165, 1.54) is 88.2 Å². The van der Waals surface area contributed by atoms with Gasteiger partial charge in [0, 0.05) is 7.43 Å². The van der Waals surface area contributed by atoms with Gasteiger partial charge in [0.25, 0.3) is 0 Å². The third-order valence-electron chi connectivity index (χ3n) is 15.2. The molecule has 0 aromatic rings. The molecule has 10 atom stereocenters. The fraction of sp³-hybridized carbons (Fsp3) is 0.769. The summed E-state index contributed by atoms with van der Waals surface area (Å²) in [6, 6.07) is 0. The first kappa shape index (κ1) is 31.2. The van der Waals surface area contributed by atoms with Crippen molar-refractivity contribution in [2.75, 3.05) is 0 Å². The fourth-order valence-corrected chi connectivity index (χ4v) is 12.6. The average Bonchev–Trinajstić information content (AvgIpc) is 3.35. The van der Waals surface area contributed by atoms with Crippen LogP contribution in [0.2, 0.25) is 0 Å². The molecule has 8 rings (SSSR count). The lowest BCUT2D eigenvalue weighted by atomic mass is 9.46. The Kier molecular flexibility index (Phi) is 7.69. The Balaban J connectivity index is 0.000000150. The number of carbonyl (C=O) groups is 4. The van der Waals surface area contributed by atoms with Crippen LogP contribution in [0.25, 0.3) is 0 Å². The highest BCUT2D eigenvalue weighted by molar-refractivity contribution is 6.47. The number of carbonyl (C=O) groups excluding carboxylic acids is 4. The van der Waals surface area contributed by atoms with Crippen molar-refractivity contribution in [1.29, 1.82) is 0 Å². The van der Waals surface area contributed by atoms with E-state index >= 15 is 0 Å². The number of allylic oxidation sites excluding steroid dienone is 4. The number of hydrogen-bond acceptors (Lipinski definition) is 4. The maximum absolute atomic E-state index is 12.3. The largest absolute Gasteiger partial charge is 0.290 e. The minimum absolute atomic E-state index is 0. The van der Waals surface area contributed by atoms with Crippen molar-refractivity contribution in [2.45, 2.75) is 130 Å². The van der Waals surface area contributed by atoms with E-state index in [1.807, 2.05) is 13.8 Å². The van der Waals surface area contributed by atoms with E-state index in [9.17, 15) is 19.2 Å². The molecule has 0 saturated heterocycles. The topological polar surface area (TPSA) is 68.3 Å². The third-order valence-corrected chi connectivity index (χ3v) is 15.2. The van der Waals surface area contributed by atoms with Gasteiger partial charge in [-0.3, -0.25) is 19.2 Å². The number of ketones is 4. The quantitative estimate of drug-likeness (QED) is 0.269. The normalized spacial score (nSPS) is 48.1. The highest BCUT2D eigenvalue weighted by Crippen LogP contribution is 2.65. The average molecular weight is 585 g/mol. The minimum Gasteiger partial charge on any atom is -0.290 e. The van der Waals surface area contributed by atoms with Gasteiger partial charge in [-0.15, -0.1) is 0 Å². The number of hydrogen-bond donors (Lipinski definition) is 0. The summed E-state index contributed by atoms with van der Waals surface area (Å²) in [4.78, 5) is 48.5. The molecule has 0 aromatic carbocycles. The molecule has 0 bridgehead atoms. The molecule has 8 aliphatic rings. The van der Waals surface area contributed by atoms with Crippen LogP contribution in [0.4, 0.5) is 0 Å². The second-order valence-electron chi connectivity index (χ2n) is 16.8. The predicted molar refractivity (Wildman–Crippen MR) is 167 cm³/mol. The van der Waals surface area contributed by atoms with Gasteiger partial charge < -0.3 is 0 Å². The second kappa shape index (κ2) is 10.6. The number of rotatable bonds is 0. The van der Waals surface area contributed by atoms with Crippen molar-refractivity contribution in [2.24, 2.45) is 57.2 Å². The van der Waals surface area contributed by atoms with E-state index < -0.39 is 10.8 Å². The van der Waals surface area contributed by atoms with Crippen LogP contribution in [0.3, 0.4) is 0 Å². The zero-order chi connectivity index (χ0) is 29.7. The summed E-state index contributed by atoms with van der Waals surface area (Å²) in [6.07, 6.45) is 23.6. The van der Waals surface area contributed by atoms with Crippen LogP contribution >= 0.6 is 0 Å². The smallest absolute Gasteiger partial charge is 0.222 e. The molecule has 43 heavy (non-hydrogen) atoms. The maximum atomic E-state index is 12.3. The molecule has 0 aromatic heterocycles. The molecule has 6 fully saturated rings. The fourth-order valence-electron chi connectivity index (χ4n) is 12.6. The highest BCUT2D eigenvalue weighted by atomic mass is 16.2. The number of fused-ring (bicyclic) bond motifs is 10. The Labute approximate surface area is 260 Å². The summed E-state index contributed by atoms with van der Waals surface area (Å²) in [5, 5.41) is 0. The monoisotopic (exact) mass is 584 g/mol. The first-order chi connectivity index (χ1) is 19.9. The Morgan fingerprint density at radius 2 is 0.907 bits per heavy atom. The van der Waals surface area contributed by atoms with E-state index in [0.29, 0.717) is 34.5 Å². The molecule has 6 saturated carbocycles. The van der Waals surface area contributed by atoms with E-state index in [-0.39, 0.29) is 30.6 Å². The Morgan fingerprint density at radius 3 is 1.30 bits per heavy atom. The summed E-state index contributed by atoms with van der Waals surface area (Å²) in [5.74, 6) is 3.43. The van der Waals surface area contributed by atoms with Crippen LogP contribution in [0.5, 0.6) is 0 Å². The van der Waals surface area contributed by atoms with E-state index in [0.717, 1.165) is 37.5 Å². The Hall–Kier alpha value is -1.84. The van der Waals surface area contributed by atoms with E-state index in [4.69, 9.17) is 0 Å². The first-order valence-electron chi connectivity index (χ1n) is 17.6. The predicted octanol–water partition coefficient (Wildman–Crippen LogP) is 8.26. The van der Waals surface area contributed by atoms with Crippen molar-refractivity contribution >= 4 is 23.1 Å². The first-order valence-corrected chi connectivity index (χ1v) is 17.6. The lowest BCUT2D eigenvalue weighted by Crippen LogP contribution is -2.50. The van der Waals surface area contributed by atoms with Gasteiger partial charge in [0.1, 0.15) is 0 Å². The van der Waals surface area contributed by atoms with Crippen molar-refractivity contribution in [3.05, 3.63) is 30.7 Å². The van der Waals surface area contributed by atoms with Gasteiger partial charge in [-0.1, -0.05) is 39.5 Å². The molecule has 0 heterocycles. The molecule has 0 amide bonds. The van der Waals surface area contributed by atoms with E-state index in [1.54, 1.807) is 12.2 Å². The molecule has 232 valence electrons. The van der Waals surface area contributed by atoms with Crippen LogP contribution in [0.15, 0.2) is 23.3 Å². The van der Waals surface area contributed by atoms with Gasteiger partial charge in [-0.25, -0.2) is 0 Å². The summed E-state index contributed by atoms with van der Waals surface area (Å²) < 4.78 is 0. The second-order valence-corrected chi connectivity index (χ2v) is 16.8. The zero-order valence-corrected chi connectivity index (χ0v) is 27.1. The van der Waals surface area contributed by atoms with E-state index in [2.05, 4.69) is 13.8 Å². The summed E-state index contributed by atoms with van der Waals surface area (Å²) in [7, 11) is 0. The van der Waals surface area contributed by atoms with Gasteiger partial charge in [-0.2, -0.15) is 0 Å². The summed E-state index contributed by atoms with van der Waals surface area (Å²) in [5.41, 5.74) is 2.43. The third kappa shape index (κ3) is 4.33. The van der Waals surface area contributed by atoms with Crippen molar-refractivity contribution in [3.63, 3.8) is 0 Å². The van der Waals surface area contributed by atoms with Crippen LogP contribution in [0, 0.1) is 64.6 Å². The zero-order valence-electron chi connectivity index (χ0n) is 27.1. The lowest BCUT2D eigenvalue weighted by Gasteiger charge is -2.58. The lowest BCUT2D eigenvalue weighted by molar-refractivity contribution is -0.139. The molecule has 4 heteroatoms. The highest BCUT2D eigenvalue weighted by Gasteiger charge is 2.60. The minimum atomic E-state index is -0.448. The molecule has 8 aliphatic carbocycles. The molecule has 0 N–H and O–H groups in total. The van der Waals surface area contributed by atoms with Gasteiger partial charge >= 0.3 is 0 Å². The Bertz CT molecular complexity index is 1190. The molecule has 0 aliphatic heterocycles. The molecule has 2 unspecified atom stereocenters. The van der Waals surface area contributed by atoms with Crippen molar-refractivity contribution in [1.82, 2.24) is 0 Å². The van der Waals surface area contributed by atoms with Gasteiger partial charge in [0.05, 0.1) is 10.8 Å².